The van der Waals surface area contributed by atoms with Crippen LogP contribution in [0.25, 0.3) is 0 Å². The summed E-state index contributed by atoms with van der Waals surface area (Å²) in [4.78, 5) is 2.47. The predicted octanol–water partition coefficient (Wildman–Crippen LogP) is 5.48. The van der Waals surface area contributed by atoms with E-state index in [4.69, 9.17) is 9.47 Å². The van der Waals surface area contributed by atoms with Crippen molar-refractivity contribution in [3.8, 4) is 17.2 Å². The van der Waals surface area contributed by atoms with Gasteiger partial charge in [0.1, 0.15) is 23.9 Å². The molecule has 0 amide bonds. The largest absolute Gasteiger partial charge is 0.508 e. The normalized spacial score (nSPS) is 20.5. The van der Waals surface area contributed by atoms with Crippen LogP contribution >= 0.6 is 0 Å². The average molecular weight is 430 g/mol. The van der Waals surface area contributed by atoms with E-state index in [2.05, 4.69) is 60.4 Å². The highest BCUT2D eigenvalue weighted by molar-refractivity contribution is 5.51. The molecule has 0 bridgehead atoms. The van der Waals surface area contributed by atoms with Crippen molar-refractivity contribution in [3.05, 3.63) is 89.0 Å². The lowest BCUT2D eigenvalue weighted by atomic mass is 9.75. The number of hydrogen-bond donors (Lipinski definition) is 1. The number of likely N-dealkylation sites (tertiary alicyclic amines) is 1. The van der Waals surface area contributed by atoms with Crippen LogP contribution in [0.2, 0.25) is 0 Å². The minimum Gasteiger partial charge on any atom is -0.508 e. The first kappa shape index (κ1) is 20.9. The summed E-state index contributed by atoms with van der Waals surface area (Å²) >= 11 is 0. The molecular weight excluding hydrogens is 398 g/mol. The molecule has 2 atom stereocenters. The van der Waals surface area contributed by atoms with Crippen LogP contribution in [0.4, 0.5) is 0 Å². The molecule has 5 rings (SSSR count). The van der Waals surface area contributed by atoms with Crippen molar-refractivity contribution >= 4 is 0 Å². The van der Waals surface area contributed by atoms with Gasteiger partial charge in [-0.25, -0.2) is 0 Å². The molecule has 2 aliphatic rings. The fourth-order valence-electron chi connectivity index (χ4n) is 5.07. The van der Waals surface area contributed by atoms with Crippen molar-refractivity contribution in [3.63, 3.8) is 0 Å². The van der Waals surface area contributed by atoms with Gasteiger partial charge in [0.2, 0.25) is 0 Å². The molecule has 3 aromatic carbocycles. The molecule has 1 saturated heterocycles. The molecule has 3 aromatic rings. The Morgan fingerprint density at radius 1 is 0.969 bits per heavy atom. The summed E-state index contributed by atoms with van der Waals surface area (Å²) in [5.74, 6) is 2.27. The van der Waals surface area contributed by atoms with Crippen LogP contribution in [0.15, 0.2) is 66.7 Å². The monoisotopic (exact) mass is 429 g/mol. The van der Waals surface area contributed by atoms with Gasteiger partial charge in [-0.3, -0.25) is 4.90 Å². The molecule has 2 heterocycles. The van der Waals surface area contributed by atoms with Crippen LogP contribution in [-0.2, 0) is 0 Å². The Kier molecular flexibility index (Phi) is 6.04. The Hall–Kier alpha value is -2.98. The maximum absolute atomic E-state index is 9.96. The molecule has 2 aliphatic heterocycles. The van der Waals surface area contributed by atoms with Crippen molar-refractivity contribution in [1.29, 1.82) is 0 Å². The number of phenolic OH excluding ortho intramolecular Hbond substituents is 1. The lowest BCUT2D eigenvalue weighted by Gasteiger charge is -2.34. The van der Waals surface area contributed by atoms with Crippen LogP contribution in [-0.4, -0.2) is 42.9 Å². The third kappa shape index (κ3) is 4.46. The summed E-state index contributed by atoms with van der Waals surface area (Å²) in [6.45, 7) is 6.82. The summed E-state index contributed by atoms with van der Waals surface area (Å²) in [6.07, 6.45) is 2.61. The molecule has 0 spiro atoms. The first-order valence-electron chi connectivity index (χ1n) is 11.6. The van der Waals surface area contributed by atoms with E-state index in [1.807, 2.05) is 6.07 Å². The molecule has 1 N–H and O–H groups in total. The van der Waals surface area contributed by atoms with Crippen LogP contribution < -0.4 is 9.47 Å². The molecule has 0 saturated carbocycles. The van der Waals surface area contributed by atoms with E-state index in [9.17, 15) is 5.11 Å². The number of hydrogen-bond acceptors (Lipinski definition) is 4. The number of fused-ring (bicyclic) bond motifs is 1. The van der Waals surface area contributed by atoms with Crippen molar-refractivity contribution in [1.82, 2.24) is 4.90 Å². The van der Waals surface area contributed by atoms with Crippen molar-refractivity contribution in [2.24, 2.45) is 0 Å². The second kappa shape index (κ2) is 9.25. The number of aromatic hydroxyl groups is 1. The van der Waals surface area contributed by atoms with E-state index in [1.165, 1.54) is 42.6 Å². The first-order chi connectivity index (χ1) is 15.7. The van der Waals surface area contributed by atoms with Gasteiger partial charge in [-0.05, 0) is 62.2 Å². The standard InChI is InChI=1S/C28H31NO3/c1-20-5-4-6-22(17-20)26-19-32-27-18-23(30)9-12-25(27)28(26)21-7-10-24(11-8-21)31-16-15-29-13-2-3-14-29/h4-12,17-18,26,28,30H,2-3,13-16,19H2,1H3/t26-,28-/m1/s1. The van der Waals surface area contributed by atoms with Gasteiger partial charge in [0.05, 0.1) is 6.61 Å². The van der Waals surface area contributed by atoms with Gasteiger partial charge >= 0.3 is 0 Å². The van der Waals surface area contributed by atoms with E-state index in [0.717, 1.165) is 30.2 Å². The molecule has 0 radical (unpaired) electrons. The fourth-order valence-corrected chi connectivity index (χ4v) is 5.07. The molecule has 166 valence electrons. The predicted molar refractivity (Wildman–Crippen MR) is 127 cm³/mol. The number of ether oxygens (including phenoxy) is 2. The third-order valence-electron chi connectivity index (χ3n) is 6.74. The van der Waals surface area contributed by atoms with Gasteiger partial charge in [0.15, 0.2) is 0 Å². The topological polar surface area (TPSA) is 41.9 Å². The SMILES string of the molecule is Cc1cccc([C@H]2COc3cc(O)ccc3[C@H]2c2ccc(OCCN3CCCC3)cc2)c1. The zero-order valence-corrected chi connectivity index (χ0v) is 18.7. The molecular formula is C28H31NO3. The van der Waals surface area contributed by atoms with Crippen LogP contribution in [0.3, 0.4) is 0 Å². The highest BCUT2D eigenvalue weighted by atomic mass is 16.5. The zero-order chi connectivity index (χ0) is 21.9. The molecule has 32 heavy (non-hydrogen) atoms. The molecule has 0 unspecified atom stereocenters. The summed E-state index contributed by atoms with van der Waals surface area (Å²) in [6, 6.07) is 22.7. The second-order valence-electron chi connectivity index (χ2n) is 9.00. The molecule has 1 fully saturated rings. The van der Waals surface area contributed by atoms with Gasteiger partial charge in [0, 0.05) is 30.0 Å². The Morgan fingerprint density at radius 2 is 1.78 bits per heavy atom. The Balaban J connectivity index is 1.40. The van der Waals surface area contributed by atoms with Gasteiger partial charge in [0.25, 0.3) is 0 Å². The van der Waals surface area contributed by atoms with Gasteiger partial charge in [-0.2, -0.15) is 0 Å². The first-order valence-corrected chi connectivity index (χ1v) is 11.6. The number of phenols is 1. The van der Waals surface area contributed by atoms with Crippen LogP contribution in [0.5, 0.6) is 17.2 Å². The zero-order valence-electron chi connectivity index (χ0n) is 18.7. The van der Waals surface area contributed by atoms with E-state index in [0.29, 0.717) is 6.61 Å². The Labute approximate surface area is 190 Å². The quantitative estimate of drug-likeness (QED) is 0.563. The van der Waals surface area contributed by atoms with Crippen molar-refractivity contribution in [2.75, 3.05) is 32.8 Å². The minimum absolute atomic E-state index is 0.153. The van der Waals surface area contributed by atoms with Crippen LogP contribution in [0.1, 0.15) is 46.9 Å². The summed E-state index contributed by atoms with van der Waals surface area (Å²) < 4.78 is 12.1. The summed E-state index contributed by atoms with van der Waals surface area (Å²) in [7, 11) is 0. The molecule has 4 nitrogen and oxygen atoms in total. The smallest absolute Gasteiger partial charge is 0.126 e. The van der Waals surface area contributed by atoms with Crippen molar-refractivity contribution in [2.45, 2.75) is 31.6 Å². The van der Waals surface area contributed by atoms with E-state index < -0.39 is 0 Å². The molecule has 0 aliphatic carbocycles. The fraction of sp³-hybridized carbons (Fsp3) is 0.357. The van der Waals surface area contributed by atoms with E-state index >= 15 is 0 Å². The lowest BCUT2D eigenvalue weighted by molar-refractivity contribution is 0.237. The van der Waals surface area contributed by atoms with Gasteiger partial charge in [-0.15, -0.1) is 0 Å². The minimum atomic E-state index is 0.153. The molecule has 4 heteroatoms. The van der Waals surface area contributed by atoms with E-state index in [1.54, 1.807) is 12.1 Å². The third-order valence-corrected chi connectivity index (χ3v) is 6.74. The number of aryl methyl sites for hydroxylation is 1. The highest BCUT2D eigenvalue weighted by Gasteiger charge is 2.33. The van der Waals surface area contributed by atoms with E-state index in [-0.39, 0.29) is 17.6 Å². The molecule has 0 aromatic heterocycles. The highest BCUT2D eigenvalue weighted by Crippen LogP contribution is 2.47. The van der Waals surface area contributed by atoms with Crippen LogP contribution in [0, 0.1) is 6.92 Å². The van der Waals surface area contributed by atoms with Gasteiger partial charge < -0.3 is 14.6 Å². The Bertz CT molecular complexity index is 1060. The lowest BCUT2D eigenvalue weighted by Crippen LogP contribution is -2.25. The summed E-state index contributed by atoms with van der Waals surface area (Å²) in [5, 5.41) is 9.96. The summed E-state index contributed by atoms with van der Waals surface area (Å²) in [5.41, 5.74) is 4.88. The van der Waals surface area contributed by atoms with Gasteiger partial charge in [-0.1, -0.05) is 48.0 Å². The second-order valence-corrected chi connectivity index (χ2v) is 9.00. The average Bonchev–Trinajstić information content (AvgIpc) is 3.32. The van der Waals surface area contributed by atoms with Crippen molar-refractivity contribution < 1.29 is 14.6 Å². The maximum atomic E-state index is 9.96. The number of rotatable bonds is 6. The maximum Gasteiger partial charge on any atom is 0.126 e. The Morgan fingerprint density at radius 3 is 2.56 bits per heavy atom. The number of nitrogens with zero attached hydrogens (tertiary/aromatic N) is 1. The number of benzene rings is 3.